The van der Waals surface area contributed by atoms with Crippen LogP contribution in [0.4, 0.5) is 0 Å². The molecule has 10 nitrogen and oxygen atoms in total. The molecule has 5 atom stereocenters. The standard InChI is InChI=1S/C19H20N4O6S.Na/c1-7-11(15(19(28)29)23-14(7)12(9(3)25)17(23)27)10-4-22-5-20-13(18(22)30-10)16(26)8(2)21-6-24;/h4-9,12,14,25H,1-3H3,(H,21,24)(H,28,29);/q;+1/p-1/t7-,8?,9+,12+,14+;/m0./s1. The first-order valence-electron chi connectivity index (χ1n) is 9.36. The molecule has 31 heavy (non-hydrogen) atoms. The normalized spacial score (nSPS) is 24.3. The number of β-lactam (4-membered cyclic amide) rings is 1. The number of carbonyl (C=O) groups excluding carboxylic acids is 4. The van der Waals surface area contributed by atoms with Gasteiger partial charge in [-0.3, -0.25) is 18.8 Å². The minimum absolute atomic E-state index is 0. The zero-order valence-electron chi connectivity index (χ0n) is 17.4. The number of carbonyl (C=O) groups is 4. The van der Waals surface area contributed by atoms with E-state index < -0.39 is 36.0 Å². The van der Waals surface area contributed by atoms with E-state index in [1.165, 1.54) is 29.5 Å². The van der Waals surface area contributed by atoms with Gasteiger partial charge in [-0.1, -0.05) is 6.92 Å². The summed E-state index contributed by atoms with van der Waals surface area (Å²) in [4.78, 5) is 53.9. The fraction of sp³-hybridized carbons (Fsp3) is 0.421. The van der Waals surface area contributed by atoms with Gasteiger partial charge in [0.1, 0.15) is 16.9 Å². The molecule has 2 aliphatic heterocycles. The summed E-state index contributed by atoms with van der Waals surface area (Å²) in [5.74, 6) is -3.30. The van der Waals surface area contributed by atoms with E-state index in [-0.39, 0.29) is 52.6 Å². The van der Waals surface area contributed by atoms with Crippen molar-refractivity contribution in [1.82, 2.24) is 19.6 Å². The Morgan fingerprint density at radius 1 is 1.39 bits per heavy atom. The molecular weight excluding hydrogens is 435 g/mol. The Hall–Kier alpha value is -2.05. The molecule has 2 aromatic heterocycles. The van der Waals surface area contributed by atoms with Crippen molar-refractivity contribution in [3.63, 3.8) is 0 Å². The number of carboxylic acids is 1. The Bertz CT molecular complexity index is 1120. The van der Waals surface area contributed by atoms with Gasteiger partial charge in [0.05, 0.1) is 40.6 Å². The van der Waals surface area contributed by atoms with Crippen molar-refractivity contribution >= 4 is 45.8 Å². The first-order chi connectivity index (χ1) is 14.2. The fourth-order valence-corrected chi connectivity index (χ4v) is 5.58. The zero-order valence-corrected chi connectivity index (χ0v) is 20.2. The summed E-state index contributed by atoms with van der Waals surface area (Å²) < 4.78 is 1.61. The number of nitrogens with one attached hydrogen (secondary N) is 1. The Morgan fingerprint density at radius 3 is 2.65 bits per heavy atom. The summed E-state index contributed by atoms with van der Waals surface area (Å²) >= 11 is 1.17. The van der Waals surface area contributed by atoms with E-state index in [4.69, 9.17) is 0 Å². The molecule has 1 saturated heterocycles. The molecule has 0 aliphatic carbocycles. The van der Waals surface area contributed by atoms with Gasteiger partial charge < -0.3 is 25.2 Å². The average molecular weight is 454 g/mol. The number of hydrogen-bond donors (Lipinski definition) is 2. The third-order valence-electron chi connectivity index (χ3n) is 5.79. The maximum absolute atomic E-state index is 12.6. The molecule has 0 spiro atoms. The predicted octanol–water partition coefficient (Wildman–Crippen LogP) is -3.96. The van der Waals surface area contributed by atoms with Gasteiger partial charge in [0, 0.05) is 17.7 Å². The Morgan fingerprint density at radius 2 is 2.06 bits per heavy atom. The summed E-state index contributed by atoms with van der Waals surface area (Å²) in [6, 6.07) is -1.22. The molecule has 0 radical (unpaired) electrons. The van der Waals surface area contributed by atoms with Crippen LogP contribution in [0.25, 0.3) is 10.4 Å². The van der Waals surface area contributed by atoms with Crippen LogP contribution in [0, 0.1) is 11.8 Å². The van der Waals surface area contributed by atoms with Gasteiger partial charge in [0.15, 0.2) is 0 Å². The molecule has 12 heteroatoms. The van der Waals surface area contributed by atoms with Gasteiger partial charge in [-0.15, -0.1) is 11.3 Å². The molecule has 0 bridgehead atoms. The van der Waals surface area contributed by atoms with Crippen LogP contribution in [0.2, 0.25) is 0 Å². The molecule has 0 saturated carbocycles. The number of aliphatic hydroxyl groups is 1. The summed E-state index contributed by atoms with van der Waals surface area (Å²) in [6.07, 6.45) is 2.63. The molecular formula is C19H19N4NaO6S. The molecule has 4 heterocycles. The van der Waals surface area contributed by atoms with Crippen LogP contribution in [0.5, 0.6) is 0 Å². The van der Waals surface area contributed by atoms with Crippen molar-refractivity contribution < 1.29 is 58.9 Å². The van der Waals surface area contributed by atoms with Gasteiger partial charge in [-0.25, -0.2) is 4.98 Å². The Kier molecular flexibility index (Phi) is 6.45. The maximum Gasteiger partial charge on any atom is 1.00 e. The molecule has 2 aromatic rings. The number of nitrogens with zero attached hydrogens (tertiary/aromatic N) is 3. The predicted molar refractivity (Wildman–Crippen MR) is 103 cm³/mol. The number of hydrogen-bond acceptors (Lipinski definition) is 8. The number of ketones is 1. The number of thiazole rings is 1. The van der Waals surface area contributed by atoms with E-state index in [0.717, 1.165) is 0 Å². The molecule has 1 fully saturated rings. The van der Waals surface area contributed by atoms with Crippen molar-refractivity contribution in [1.29, 1.82) is 0 Å². The van der Waals surface area contributed by atoms with Crippen molar-refractivity contribution in [3.8, 4) is 0 Å². The minimum Gasteiger partial charge on any atom is -0.543 e. The van der Waals surface area contributed by atoms with Crippen molar-refractivity contribution in [2.75, 3.05) is 0 Å². The SMILES string of the molecule is CC(NC=O)C(=O)c1ncn2cc(C3=C(C(=O)[O-])N4C(=O)[C@H]([C@@H](C)O)[C@H]4[C@H]3C)sc12.[Na+]. The van der Waals surface area contributed by atoms with Crippen LogP contribution in [0.3, 0.4) is 0 Å². The summed E-state index contributed by atoms with van der Waals surface area (Å²) in [7, 11) is 0. The first-order valence-corrected chi connectivity index (χ1v) is 10.2. The van der Waals surface area contributed by atoms with Crippen molar-refractivity contribution in [2.24, 2.45) is 11.8 Å². The monoisotopic (exact) mass is 454 g/mol. The van der Waals surface area contributed by atoms with E-state index in [1.54, 1.807) is 24.4 Å². The number of rotatable bonds is 7. The summed E-state index contributed by atoms with van der Waals surface area (Å²) in [5.41, 5.74) is 0.397. The van der Waals surface area contributed by atoms with Crippen molar-refractivity contribution in [2.45, 2.75) is 39.0 Å². The van der Waals surface area contributed by atoms with Gasteiger partial charge in [0.2, 0.25) is 18.1 Å². The molecule has 0 aromatic carbocycles. The van der Waals surface area contributed by atoms with E-state index in [0.29, 0.717) is 21.7 Å². The minimum atomic E-state index is -1.46. The zero-order chi connectivity index (χ0) is 21.9. The van der Waals surface area contributed by atoms with Gasteiger partial charge >= 0.3 is 29.6 Å². The fourth-order valence-electron chi connectivity index (χ4n) is 4.36. The number of aromatic nitrogens is 2. The smallest absolute Gasteiger partial charge is 0.543 e. The van der Waals surface area contributed by atoms with Crippen LogP contribution >= 0.6 is 11.3 Å². The van der Waals surface area contributed by atoms with Crippen LogP contribution in [-0.4, -0.2) is 61.6 Å². The van der Waals surface area contributed by atoms with E-state index in [9.17, 15) is 29.4 Å². The largest absolute Gasteiger partial charge is 1.00 e. The topological polar surface area (TPSA) is 144 Å². The second kappa shape index (κ2) is 8.47. The van der Waals surface area contributed by atoms with Crippen molar-refractivity contribution in [3.05, 3.63) is 28.8 Å². The third-order valence-corrected chi connectivity index (χ3v) is 6.93. The Balaban J connectivity index is 0.00000272. The molecule has 2 aliphatic rings. The number of aliphatic carboxylic acids is 1. The molecule has 2 N–H and O–H groups in total. The number of aliphatic hydroxyl groups excluding tert-OH is 1. The maximum atomic E-state index is 12.6. The molecule has 1 unspecified atom stereocenters. The third kappa shape index (κ3) is 3.44. The number of fused-ring (bicyclic) bond motifs is 2. The van der Waals surface area contributed by atoms with E-state index in [1.807, 2.05) is 0 Å². The number of Topliss-reactive ketones (excluding diaryl/α,β-unsaturated/α-hetero) is 1. The van der Waals surface area contributed by atoms with E-state index in [2.05, 4.69) is 10.3 Å². The van der Waals surface area contributed by atoms with Gasteiger partial charge in [0.25, 0.3) is 0 Å². The second-order valence-corrected chi connectivity index (χ2v) is 8.61. The number of imidazole rings is 1. The first kappa shape index (κ1) is 23.6. The summed E-state index contributed by atoms with van der Waals surface area (Å²) in [6.45, 7) is 4.86. The average Bonchev–Trinajstić information content (AvgIpc) is 3.30. The Labute approximate surface area is 203 Å². The number of carboxylic acid groups (broad SMARTS) is 1. The molecule has 2 amide bonds. The number of amides is 2. The molecule has 158 valence electrons. The van der Waals surface area contributed by atoms with Crippen LogP contribution in [0.15, 0.2) is 18.2 Å². The van der Waals surface area contributed by atoms with Crippen LogP contribution in [-0.2, 0) is 14.4 Å². The second-order valence-electron chi connectivity index (χ2n) is 7.58. The van der Waals surface area contributed by atoms with E-state index >= 15 is 0 Å². The van der Waals surface area contributed by atoms with Gasteiger partial charge in [-0.2, -0.15) is 0 Å². The van der Waals surface area contributed by atoms with Crippen LogP contribution in [0.1, 0.15) is 36.1 Å². The summed E-state index contributed by atoms with van der Waals surface area (Å²) in [5, 5.41) is 24.2. The molecule has 4 rings (SSSR count). The van der Waals surface area contributed by atoms with Gasteiger partial charge in [-0.05, 0) is 13.8 Å². The van der Waals surface area contributed by atoms with Crippen LogP contribution < -0.4 is 40.0 Å². The quantitative estimate of drug-likeness (QED) is 0.188.